The zero-order valence-corrected chi connectivity index (χ0v) is 16.2. The van der Waals surface area contributed by atoms with Crippen molar-refractivity contribution in [1.82, 2.24) is 9.97 Å². The van der Waals surface area contributed by atoms with Gasteiger partial charge in [0.15, 0.2) is 5.78 Å². The second-order valence-corrected chi connectivity index (χ2v) is 7.99. The summed E-state index contributed by atoms with van der Waals surface area (Å²) in [4.78, 5) is 24.2. The maximum atomic E-state index is 12.7. The molecule has 0 spiro atoms. The number of Topliss-reactive ketones (excluding diaryl/α,β-unsaturated/α-hetero) is 1. The molecule has 4 nitrogen and oxygen atoms in total. The van der Waals surface area contributed by atoms with Crippen LogP contribution >= 0.6 is 11.6 Å². The number of hydrogen-bond acceptors (Lipinski definition) is 4. The number of rotatable bonds is 2. The van der Waals surface area contributed by atoms with Gasteiger partial charge in [-0.15, -0.1) is 0 Å². The molecule has 0 bridgehead atoms. The smallest absolute Gasteiger partial charge is 0.225 e. The largest absolute Gasteiger partial charge is 0.336 e. The number of anilines is 1. The molecule has 1 aliphatic heterocycles. The van der Waals surface area contributed by atoms with Gasteiger partial charge in [-0.1, -0.05) is 48.0 Å². The second kappa shape index (κ2) is 7.02. The minimum atomic E-state index is 0.122. The van der Waals surface area contributed by atoms with Crippen LogP contribution in [0.25, 0.3) is 0 Å². The summed E-state index contributed by atoms with van der Waals surface area (Å²) in [5.41, 5.74) is 5.39. The summed E-state index contributed by atoms with van der Waals surface area (Å²) in [6, 6.07) is 16.3. The number of halogens is 1. The van der Waals surface area contributed by atoms with Gasteiger partial charge in [0.2, 0.25) is 5.95 Å². The summed E-state index contributed by atoms with van der Waals surface area (Å²) in [7, 11) is 0. The number of carbonyl (C=O) groups is 1. The molecular formula is C23H20ClN3O. The predicted octanol–water partition coefficient (Wildman–Crippen LogP) is 4.61. The molecule has 0 radical (unpaired) electrons. The summed E-state index contributed by atoms with van der Waals surface area (Å²) in [5, 5.41) is 0.710. The van der Waals surface area contributed by atoms with Crippen molar-refractivity contribution in [3.8, 4) is 0 Å². The molecule has 5 rings (SSSR count). The number of carbonyl (C=O) groups excluding carboxylic acids is 1. The lowest BCUT2D eigenvalue weighted by Gasteiger charge is -2.30. The van der Waals surface area contributed by atoms with Crippen molar-refractivity contribution in [2.45, 2.75) is 31.7 Å². The van der Waals surface area contributed by atoms with Gasteiger partial charge < -0.3 is 4.90 Å². The fourth-order valence-corrected chi connectivity index (χ4v) is 4.35. The lowest BCUT2D eigenvalue weighted by Crippen LogP contribution is -2.32. The number of ketones is 1. The molecule has 0 unspecified atom stereocenters. The highest BCUT2D eigenvalue weighted by molar-refractivity contribution is 6.30. The number of benzene rings is 2. The fourth-order valence-electron chi connectivity index (χ4n) is 4.22. The SMILES string of the molecule is O=C1C[C@H](c2ccc(Cl)cc2)Cc2nc(N3CCc4ccccc4C3)ncc21. The van der Waals surface area contributed by atoms with E-state index in [1.165, 1.54) is 11.1 Å². The summed E-state index contributed by atoms with van der Waals surface area (Å²) >= 11 is 6.01. The molecular weight excluding hydrogens is 370 g/mol. The molecule has 2 aliphatic rings. The van der Waals surface area contributed by atoms with Gasteiger partial charge in [-0.05, 0) is 47.6 Å². The van der Waals surface area contributed by atoms with E-state index in [2.05, 4.69) is 34.1 Å². The van der Waals surface area contributed by atoms with Crippen molar-refractivity contribution in [2.24, 2.45) is 0 Å². The van der Waals surface area contributed by atoms with Crippen LogP contribution in [-0.2, 0) is 19.4 Å². The van der Waals surface area contributed by atoms with Gasteiger partial charge in [0.05, 0.1) is 11.3 Å². The van der Waals surface area contributed by atoms with E-state index >= 15 is 0 Å². The predicted molar refractivity (Wildman–Crippen MR) is 110 cm³/mol. The van der Waals surface area contributed by atoms with Gasteiger partial charge in [-0.3, -0.25) is 4.79 Å². The maximum Gasteiger partial charge on any atom is 0.225 e. The van der Waals surface area contributed by atoms with Gasteiger partial charge >= 0.3 is 0 Å². The highest BCUT2D eigenvalue weighted by Crippen LogP contribution is 2.33. The van der Waals surface area contributed by atoms with E-state index in [1.54, 1.807) is 6.20 Å². The molecule has 1 aromatic heterocycles. The van der Waals surface area contributed by atoms with Crippen LogP contribution in [0, 0.1) is 0 Å². The van der Waals surface area contributed by atoms with Crippen LogP contribution in [0.15, 0.2) is 54.7 Å². The molecule has 0 fully saturated rings. The first-order chi connectivity index (χ1) is 13.7. The van der Waals surface area contributed by atoms with Crippen LogP contribution in [0.3, 0.4) is 0 Å². The topological polar surface area (TPSA) is 46.1 Å². The van der Waals surface area contributed by atoms with Gasteiger partial charge in [-0.2, -0.15) is 0 Å². The van der Waals surface area contributed by atoms with E-state index in [4.69, 9.17) is 16.6 Å². The Morgan fingerprint density at radius 2 is 1.79 bits per heavy atom. The molecule has 0 amide bonds. The minimum absolute atomic E-state index is 0.122. The molecule has 0 saturated heterocycles. The Balaban J connectivity index is 1.43. The second-order valence-electron chi connectivity index (χ2n) is 7.55. The summed E-state index contributed by atoms with van der Waals surface area (Å²) in [6.07, 6.45) is 3.96. The van der Waals surface area contributed by atoms with Gasteiger partial charge in [-0.25, -0.2) is 9.97 Å². The average Bonchev–Trinajstić information content (AvgIpc) is 2.73. The Labute approximate surface area is 169 Å². The van der Waals surface area contributed by atoms with E-state index < -0.39 is 0 Å². The zero-order valence-electron chi connectivity index (χ0n) is 15.4. The number of aromatic nitrogens is 2. The Bertz CT molecular complexity index is 1050. The summed E-state index contributed by atoms with van der Waals surface area (Å²) < 4.78 is 0. The molecule has 2 aromatic carbocycles. The Morgan fingerprint density at radius 1 is 1.00 bits per heavy atom. The lowest BCUT2D eigenvalue weighted by atomic mass is 9.82. The Kier molecular flexibility index (Phi) is 4.36. The third-order valence-corrected chi connectivity index (χ3v) is 6.03. The van der Waals surface area contributed by atoms with Crippen LogP contribution in [0.5, 0.6) is 0 Å². The first-order valence-electron chi connectivity index (χ1n) is 9.63. The zero-order chi connectivity index (χ0) is 19.1. The van der Waals surface area contributed by atoms with Gasteiger partial charge in [0.25, 0.3) is 0 Å². The highest BCUT2D eigenvalue weighted by atomic mass is 35.5. The molecule has 0 saturated carbocycles. The summed E-state index contributed by atoms with van der Waals surface area (Å²) in [5.74, 6) is 0.983. The third-order valence-electron chi connectivity index (χ3n) is 5.78. The Hall–Kier alpha value is -2.72. The van der Waals surface area contributed by atoms with Crippen molar-refractivity contribution in [1.29, 1.82) is 0 Å². The minimum Gasteiger partial charge on any atom is -0.336 e. The van der Waals surface area contributed by atoms with Gasteiger partial charge in [0, 0.05) is 30.7 Å². The van der Waals surface area contributed by atoms with Crippen LogP contribution in [0.2, 0.25) is 5.02 Å². The average molecular weight is 390 g/mol. The molecule has 1 aliphatic carbocycles. The molecule has 3 aromatic rings. The van der Waals surface area contributed by atoms with Crippen molar-refractivity contribution in [3.05, 3.63) is 87.7 Å². The first-order valence-corrected chi connectivity index (χ1v) is 10.0. The van der Waals surface area contributed by atoms with E-state index in [1.807, 2.05) is 24.3 Å². The van der Waals surface area contributed by atoms with Crippen molar-refractivity contribution < 1.29 is 4.79 Å². The quantitative estimate of drug-likeness (QED) is 0.642. The highest BCUT2D eigenvalue weighted by Gasteiger charge is 2.29. The van der Waals surface area contributed by atoms with E-state index in [0.29, 0.717) is 17.0 Å². The van der Waals surface area contributed by atoms with E-state index in [9.17, 15) is 4.79 Å². The van der Waals surface area contributed by atoms with Crippen LogP contribution < -0.4 is 4.90 Å². The molecule has 28 heavy (non-hydrogen) atoms. The number of fused-ring (bicyclic) bond motifs is 2. The van der Waals surface area contributed by atoms with Crippen LogP contribution in [-0.4, -0.2) is 22.3 Å². The van der Waals surface area contributed by atoms with E-state index in [-0.39, 0.29) is 11.7 Å². The van der Waals surface area contributed by atoms with E-state index in [0.717, 1.165) is 43.1 Å². The summed E-state index contributed by atoms with van der Waals surface area (Å²) in [6.45, 7) is 1.70. The molecule has 5 heteroatoms. The normalized spacial score (nSPS) is 18.5. The van der Waals surface area contributed by atoms with Gasteiger partial charge in [0.1, 0.15) is 0 Å². The fraction of sp³-hybridized carbons (Fsp3) is 0.261. The Morgan fingerprint density at radius 3 is 2.61 bits per heavy atom. The maximum absolute atomic E-state index is 12.7. The third kappa shape index (κ3) is 3.18. The molecule has 2 heterocycles. The van der Waals surface area contributed by atoms with Crippen LogP contribution in [0.1, 0.15) is 45.1 Å². The van der Waals surface area contributed by atoms with Crippen molar-refractivity contribution in [2.75, 3.05) is 11.4 Å². The molecule has 0 N–H and O–H groups in total. The standard InChI is InChI=1S/C23H20ClN3O/c24-19-7-5-16(6-8-19)18-11-21-20(22(28)12-18)13-25-23(26-21)27-10-9-15-3-1-2-4-17(15)14-27/h1-8,13,18H,9-12,14H2/t18-/m1/s1. The number of hydrogen-bond donors (Lipinski definition) is 0. The van der Waals surface area contributed by atoms with Crippen molar-refractivity contribution >= 4 is 23.3 Å². The molecule has 140 valence electrons. The monoisotopic (exact) mass is 389 g/mol. The first kappa shape index (κ1) is 17.4. The number of nitrogens with zero attached hydrogens (tertiary/aromatic N) is 3. The lowest BCUT2D eigenvalue weighted by molar-refractivity contribution is 0.0962. The van der Waals surface area contributed by atoms with Crippen LogP contribution in [0.4, 0.5) is 5.95 Å². The van der Waals surface area contributed by atoms with Crippen molar-refractivity contribution in [3.63, 3.8) is 0 Å². The molecule has 1 atom stereocenters.